The molecular formula is C17H16ClNO4. The average Bonchev–Trinajstić information content (AvgIpc) is 2.54. The van der Waals surface area contributed by atoms with Crippen LogP contribution in [-0.4, -0.2) is 25.4 Å². The minimum Gasteiger partial charge on any atom is -0.490 e. The number of halogens is 1. The van der Waals surface area contributed by atoms with Gasteiger partial charge in [-0.05, 0) is 43.3 Å². The fourth-order valence-electron chi connectivity index (χ4n) is 1.89. The molecule has 2 aromatic carbocycles. The zero-order valence-electron chi connectivity index (χ0n) is 12.5. The summed E-state index contributed by atoms with van der Waals surface area (Å²) in [5, 5.41) is 3.22. The van der Waals surface area contributed by atoms with Crippen LogP contribution in [0.25, 0.3) is 0 Å². The van der Waals surface area contributed by atoms with Crippen LogP contribution in [0.1, 0.15) is 17.3 Å². The fourth-order valence-corrected chi connectivity index (χ4v) is 2.08. The molecule has 0 aliphatic carbocycles. The van der Waals surface area contributed by atoms with E-state index in [0.29, 0.717) is 34.4 Å². The van der Waals surface area contributed by atoms with Crippen LogP contribution in [0, 0.1) is 0 Å². The maximum atomic E-state index is 11.9. The Kier molecular flexibility index (Phi) is 6.00. The summed E-state index contributed by atoms with van der Waals surface area (Å²) < 4.78 is 10.9. The Bertz CT molecular complexity index is 703. The number of carbonyl (C=O) groups is 2. The van der Waals surface area contributed by atoms with Crippen molar-refractivity contribution in [3.8, 4) is 11.5 Å². The van der Waals surface area contributed by atoms with Crippen molar-refractivity contribution >= 4 is 29.5 Å². The fraction of sp³-hybridized carbons (Fsp3) is 0.176. The highest BCUT2D eigenvalue weighted by Crippen LogP contribution is 2.28. The van der Waals surface area contributed by atoms with Gasteiger partial charge in [0.05, 0.1) is 6.61 Å². The molecule has 23 heavy (non-hydrogen) atoms. The first-order valence-electron chi connectivity index (χ1n) is 7.02. The van der Waals surface area contributed by atoms with Crippen molar-refractivity contribution in [1.29, 1.82) is 0 Å². The van der Waals surface area contributed by atoms with Gasteiger partial charge in [-0.1, -0.05) is 17.7 Å². The maximum absolute atomic E-state index is 11.9. The molecule has 120 valence electrons. The molecule has 0 bridgehead atoms. The zero-order valence-corrected chi connectivity index (χ0v) is 13.3. The highest BCUT2D eigenvalue weighted by molar-refractivity contribution is 6.30. The Morgan fingerprint density at radius 3 is 2.70 bits per heavy atom. The van der Waals surface area contributed by atoms with E-state index in [1.54, 1.807) is 42.5 Å². The number of hydrogen-bond acceptors (Lipinski definition) is 4. The number of benzene rings is 2. The summed E-state index contributed by atoms with van der Waals surface area (Å²) in [6.07, 6.45) is 0.720. The first-order chi connectivity index (χ1) is 11.1. The first-order valence-corrected chi connectivity index (χ1v) is 7.40. The molecule has 0 fully saturated rings. The number of rotatable bonds is 7. The molecule has 5 nitrogen and oxygen atoms in total. The number of carbonyl (C=O) groups excluding carboxylic acids is 2. The van der Waals surface area contributed by atoms with Gasteiger partial charge in [0.15, 0.2) is 18.1 Å². The van der Waals surface area contributed by atoms with Crippen LogP contribution >= 0.6 is 11.6 Å². The smallest absolute Gasteiger partial charge is 0.262 e. The molecule has 1 N–H and O–H groups in total. The van der Waals surface area contributed by atoms with Crippen LogP contribution in [-0.2, 0) is 4.79 Å². The van der Waals surface area contributed by atoms with Gasteiger partial charge < -0.3 is 14.8 Å². The predicted octanol–water partition coefficient (Wildman–Crippen LogP) is 3.57. The van der Waals surface area contributed by atoms with E-state index in [0.717, 1.165) is 6.29 Å². The van der Waals surface area contributed by atoms with E-state index in [-0.39, 0.29) is 12.5 Å². The van der Waals surface area contributed by atoms with Crippen LogP contribution < -0.4 is 14.8 Å². The molecule has 0 atom stereocenters. The molecule has 0 heterocycles. The van der Waals surface area contributed by atoms with Crippen LogP contribution in [0.15, 0.2) is 42.5 Å². The number of hydrogen-bond donors (Lipinski definition) is 1. The van der Waals surface area contributed by atoms with Gasteiger partial charge in [0.25, 0.3) is 5.91 Å². The van der Waals surface area contributed by atoms with Crippen molar-refractivity contribution < 1.29 is 19.1 Å². The van der Waals surface area contributed by atoms with E-state index in [9.17, 15) is 9.59 Å². The Morgan fingerprint density at radius 2 is 2.00 bits per heavy atom. The van der Waals surface area contributed by atoms with E-state index in [1.807, 2.05) is 6.92 Å². The molecule has 0 aliphatic rings. The molecule has 0 spiro atoms. The van der Waals surface area contributed by atoms with Crippen LogP contribution in [0.2, 0.25) is 5.02 Å². The van der Waals surface area contributed by atoms with Gasteiger partial charge in [-0.2, -0.15) is 0 Å². The van der Waals surface area contributed by atoms with Gasteiger partial charge in [0.2, 0.25) is 0 Å². The van der Waals surface area contributed by atoms with Gasteiger partial charge in [-0.15, -0.1) is 0 Å². The highest BCUT2D eigenvalue weighted by Gasteiger charge is 2.09. The molecule has 0 unspecified atom stereocenters. The number of amides is 1. The van der Waals surface area contributed by atoms with Gasteiger partial charge in [-0.25, -0.2) is 0 Å². The summed E-state index contributed by atoms with van der Waals surface area (Å²) in [7, 11) is 0. The second kappa shape index (κ2) is 8.19. The monoisotopic (exact) mass is 333 g/mol. The number of ether oxygens (including phenoxy) is 2. The van der Waals surface area contributed by atoms with Gasteiger partial charge in [0, 0.05) is 16.3 Å². The molecular weight excluding hydrogens is 318 g/mol. The molecule has 6 heteroatoms. The number of nitrogens with one attached hydrogen (secondary N) is 1. The average molecular weight is 334 g/mol. The SMILES string of the molecule is CCOc1cc(C=O)ccc1OCC(=O)Nc1cccc(Cl)c1. The lowest BCUT2D eigenvalue weighted by Gasteiger charge is -2.12. The van der Waals surface area contributed by atoms with E-state index in [2.05, 4.69) is 5.32 Å². The molecule has 0 radical (unpaired) electrons. The second-order valence-corrected chi connectivity index (χ2v) is 5.04. The summed E-state index contributed by atoms with van der Waals surface area (Å²) in [4.78, 5) is 22.7. The topological polar surface area (TPSA) is 64.6 Å². The Balaban J connectivity index is 1.99. The summed E-state index contributed by atoms with van der Waals surface area (Å²) in [6, 6.07) is 11.6. The van der Waals surface area contributed by atoms with Crippen molar-refractivity contribution in [2.24, 2.45) is 0 Å². The normalized spacial score (nSPS) is 10.0. The van der Waals surface area contributed by atoms with Crippen molar-refractivity contribution in [3.63, 3.8) is 0 Å². The van der Waals surface area contributed by atoms with Crippen molar-refractivity contribution in [2.75, 3.05) is 18.5 Å². The molecule has 0 saturated carbocycles. The standard InChI is InChI=1S/C17H16ClNO4/c1-2-22-16-8-12(10-20)6-7-15(16)23-11-17(21)19-14-5-3-4-13(18)9-14/h3-10H,2,11H2,1H3,(H,19,21). The summed E-state index contributed by atoms with van der Waals surface area (Å²) in [6.45, 7) is 2.06. The maximum Gasteiger partial charge on any atom is 0.262 e. The number of aldehydes is 1. The van der Waals surface area contributed by atoms with Crippen LogP contribution in [0.3, 0.4) is 0 Å². The minimum atomic E-state index is -0.325. The van der Waals surface area contributed by atoms with Crippen LogP contribution in [0.4, 0.5) is 5.69 Å². The third-order valence-electron chi connectivity index (χ3n) is 2.87. The predicted molar refractivity (Wildman–Crippen MR) is 88.6 cm³/mol. The largest absolute Gasteiger partial charge is 0.490 e. The summed E-state index contributed by atoms with van der Waals surface area (Å²) >= 11 is 5.86. The van der Waals surface area contributed by atoms with E-state index in [1.165, 1.54) is 0 Å². The van der Waals surface area contributed by atoms with E-state index in [4.69, 9.17) is 21.1 Å². The Labute approximate surface area is 139 Å². The van der Waals surface area contributed by atoms with Gasteiger partial charge in [0.1, 0.15) is 6.29 Å². The van der Waals surface area contributed by atoms with E-state index < -0.39 is 0 Å². The Morgan fingerprint density at radius 1 is 1.17 bits per heavy atom. The summed E-state index contributed by atoms with van der Waals surface area (Å²) in [5.41, 5.74) is 1.07. The lowest BCUT2D eigenvalue weighted by molar-refractivity contribution is -0.118. The van der Waals surface area contributed by atoms with Gasteiger partial charge in [-0.3, -0.25) is 9.59 Å². The zero-order chi connectivity index (χ0) is 16.7. The van der Waals surface area contributed by atoms with E-state index >= 15 is 0 Å². The number of anilines is 1. The highest BCUT2D eigenvalue weighted by atomic mass is 35.5. The minimum absolute atomic E-state index is 0.187. The Hall–Kier alpha value is -2.53. The van der Waals surface area contributed by atoms with Crippen molar-refractivity contribution in [3.05, 3.63) is 53.1 Å². The first kappa shape index (κ1) is 16.8. The molecule has 0 saturated heterocycles. The molecule has 0 aromatic heterocycles. The quantitative estimate of drug-likeness (QED) is 0.787. The second-order valence-electron chi connectivity index (χ2n) is 4.60. The lowest BCUT2D eigenvalue weighted by atomic mass is 10.2. The molecule has 1 amide bonds. The molecule has 0 aliphatic heterocycles. The summed E-state index contributed by atoms with van der Waals surface area (Å²) in [5.74, 6) is 0.500. The third-order valence-corrected chi connectivity index (χ3v) is 3.11. The van der Waals surface area contributed by atoms with Gasteiger partial charge >= 0.3 is 0 Å². The van der Waals surface area contributed by atoms with Crippen molar-refractivity contribution in [2.45, 2.75) is 6.92 Å². The lowest BCUT2D eigenvalue weighted by Crippen LogP contribution is -2.20. The van der Waals surface area contributed by atoms with Crippen molar-refractivity contribution in [1.82, 2.24) is 0 Å². The third kappa shape index (κ3) is 5.00. The molecule has 2 aromatic rings. The molecule has 2 rings (SSSR count). The van der Waals surface area contributed by atoms with Crippen LogP contribution in [0.5, 0.6) is 11.5 Å².